The normalized spacial score (nSPS) is 27.3. The van der Waals surface area contributed by atoms with Crippen molar-refractivity contribution in [1.82, 2.24) is 10.2 Å². The summed E-state index contributed by atoms with van der Waals surface area (Å²) in [5.74, 6) is 2.30. The van der Waals surface area contributed by atoms with E-state index in [1.54, 1.807) is 0 Å². The van der Waals surface area contributed by atoms with E-state index in [-0.39, 0.29) is 0 Å². The van der Waals surface area contributed by atoms with Gasteiger partial charge in [-0.15, -0.1) is 0 Å². The van der Waals surface area contributed by atoms with Crippen LogP contribution in [-0.2, 0) is 4.74 Å². The smallest absolute Gasteiger partial charge is 0.193 e. The fourth-order valence-electron chi connectivity index (χ4n) is 3.34. The van der Waals surface area contributed by atoms with Gasteiger partial charge in [0.15, 0.2) is 5.96 Å². The minimum absolute atomic E-state index is 0.515. The predicted octanol–water partition coefficient (Wildman–Crippen LogP) is 3.24. The maximum absolute atomic E-state index is 5.57. The molecule has 3 rings (SSSR count). The molecule has 0 spiro atoms. The zero-order valence-corrected chi connectivity index (χ0v) is 15.6. The molecule has 1 heterocycles. The first-order valence-corrected chi connectivity index (χ1v) is 9.32. The van der Waals surface area contributed by atoms with Crippen LogP contribution in [0.15, 0.2) is 33.7 Å². The number of hydrogen-bond donors (Lipinski definition) is 1. The van der Waals surface area contributed by atoms with Crippen LogP contribution in [-0.4, -0.2) is 50.3 Å². The lowest BCUT2D eigenvalue weighted by Crippen LogP contribution is -2.41. The van der Waals surface area contributed by atoms with Crippen LogP contribution >= 0.6 is 15.9 Å². The molecule has 1 aliphatic heterocycles. The van der Waals surface area contributed by atoms with E-state index in [1.807, 2.05) is 7.05 Å². The number of rotatable bonds is 5. The average Bonchev–Trinajstić information content (AvgIpc) is 3.18. The van der Waals surface area contributed by atoms with E-state index in [0.717, 1.165) is 36.7 Å². The van der Waals surface area contributed by atoms with Gasteiger partial charge in [0, 0.05) is 49.1 Å². The second kappa shape index (κ2) is 7.67. The molecule has 3 atom stereocenters. The number of nitrogens with one attached hydrogen (secondary N) is 1. The topological polar surface area (TPSA) is 36.9 Å². The molecule has 3 unspecified atom stereocenters. The molecule has 1 saturated carbocycles. The van der Waals surface area contributed by atoms with Crippen molar-refractivity contribution >= 4 is 21.9 Å². The first kappa shape index (κ1) is 16.8. The first-order chi connectivity index (χ1) is 11.2. The highest BCUT2D eigenvalue weighted by molar-refractivity contribution is 9.10. The van der Waals surface area contributed by atoms with Gasteiger partial charge in [0.1, 0.15) is 0 Å². The molecular formula is C18H26BrN3O. The summed E-state index contributed by atoms with van der Waals surface area (Å²) in [6.07, 6.45) is 2.39. The van der Waals surface area contributed by atoms with Gasteiger partial charge in [-0.3, -0.25) is 4.99 Å². The molecule has 1 saturated heterocycles. The van der Waals surface area contributed by atoms with E-state index in [0.29, 0.717) is 17.9 Å². The minimum atomic E-state index is 0.515. The van der Waals surface area contributed by atoms with Crippen LogP contribution in [0.3, 0.4) is 0 Å². The number of hydrogen-bond acceptors (Lipinski definition) is 2. The molecule has 2 aliphatic rings. The van der Waals surface area contributed by atoms with E-state index in [2.05, 4.69) is 62.3 Å². The summed E-state index contributed by atoms with van der Waals surface area (Å²) in [4.78, 5) is 6.87. The molecular weight excluding hydrogens is 354 g/mol. The van der Waals surface area contributed by atoms with Crippen molar-refractivity contribution in [2.75, 3.05) is 33.4 Å². The average molecular weight is 380 g/mol. The summed E-state index contributed by atoms with van der Waals surface area (Å²) in [6, 6.07) is 9.19. The Morgan fingerprint density at radius 3 is 2.87 bits per heavy atom. The van der Waals surface area contributed by atoms with E-state index in [4.69, 9.17) is 4.74 Å². The third-order valence-corrected chi connectivity index (χ3v) is 5.29. The summed E-state index contributed by atoms with van der Waals surface area (Å²) in [7, 11) is 1.88. The summed E-state index contributed by atoms with van der Waals surface area (Å²) >= 11 is 3.50. The molecule has 0 aromatic heterocycles. The maximum atomic E-state index is 5.57. The van der Waals surface area contributed by atoms with Crippen LogP contribution in [0.25, 0.3) is 0 Å². The van der Waals surface area contributed by atoms with E-state index >= 15 is 0 Å². The van der Waals surface area contributed by atoms with Crippen LogP contribution in [0.4, 0.5) is 0 Å². The molecule has 1 aromatic rings. The second-order valence-electron chi connectivity index (χ2n) is 6.45. The molecule has 2 fully saturated rings. The lowest BCUT2D eigenvalue weighted by Gasteiger charge is -2.22. The van der Waals surface area contributed by atoms with Crippen LogP contribution < -0.4 is 5.32 Å². The van der Waals surface area contributed by atoms with Gasteiger partial charge in [-0.1, -0.05) is 28.1 Å². The number of nitrogens with zero attached hydrogens (tertiary/aromatic N) is 2. The van der Waals surface area contributed by atoms with Crippen molar-refractivity contribution in [3.05, 3.63) is 34.3 Å². The van der Waals surface area contributed by atoms with Gasteiger partial charge in [-0.2, -0.15) is 0 Å². The number of aliphatic imine (C=N–C) groups is 1. The van der Waals surface area contributed by atoms with E-state index < -0.39 is 0 Å². The highest BCUT2D eigenvalue weighted by atomic mass is 79.9. The van der Waals surface area contributed by atoms with Crippen molar-refractivity contribution in [3.8, 4) is 0 Å². The fourth-order valence-corrected chi connectivity index (χ4v) is 3.61. The molecule has 1 aromatic carbocycles. The Kier molecular flexibility index (Phi) is 5.59. The Morgan fingerprint density at radius 1 is 1.39 bits per heavy atom. The molecule has 0 amide bonds. The van der Waals surface area contributed by atoms with Gasteiger partial charge in [-0.05, 0) is 37.5 Å². The molecule has 1 aliphatic carbocycles. The van der Waals surface area contributed by atoms with Crippen molar-refractivity contribution in [1.29, 1.82) is 0 Å². The molecule has 0 bridgehead atoms. The molecule has 4 nitrogen and oxygen atoms in total. The standard InChI is InChI=1S/C18H26BrN3O/c1-3-23-12-13-8-9-22(11-13)18(20-2)21-17-10-16(17)14-4-6-15(19)7-5-14/h4-7,13,16-17H,3,8-12H2,1-2H3,(H,20,21). The molecule has 23 heavy (non-hydrogen) atoms. The number of ether oxygens (including phenoxy) is 1. The van der Waals surface area contributed by atoms with Crippen molar-refractivity contribution in [3.63, 3.8) is 0 Å². The van der Waals surface area contributed by atoms with Gasteiger partial charge in [0.05, 0.1) is 6.61 Å². The van der Waals surface area contributed by atoms with E-state index in [9.17, 15) is 0 Å². The van der Waals surface area contributed by atoms with Gasteiger partial charge < -0.3 is 15.0 Å². The maximum Gasteiger partial charge on any atom is 0.193 e. The third-order valence-electron chi connectivity index (χ3n) is 4.76. The molecule has 5 heteroatoms. The summed E-state index contributed by atoms with van der Waals surface area (Å²) in [6.45, 7) is 5.86. The minimum Gasteiger partial charge on any atom is -0.381 e. The van der Waals surface area contributed by atoms with Crippen LogP contribution in [0.5, 0.6) is 0 Å². The highest BCUT2D eigenvalue weighted by Gasteiger charge is 2.40. The van der Waals surface area contributed by atoms with Crippen molar-refractivity contribution < 1.29 is 4.74 Å². The van der Waals surface area contributed by atoms with Gasteiger partial charge in [-0.25, -0.2) is 0 Å². The Balaban J connectivity index is 1.50. The summed E-state index contributed by atoms with van der Waals surface area (Å²) < 4.78 is 6.70. The van der Waals surface area contributed by atoms with Gasteiger partial charge in [0.2, 0.25) is 0 Å². The SMILES string of the molecule is CCOCC1CCN(C(=NC)NC2CC2c2ccc(Br)cc2)C1. The summed E-state index contributed by atoms with van der Waals surface area (Å²) in [5.41, 5.74) is 1.41. The number of guanidine groups is 1. The van der Waals surface area contributed by atoms with Crippen molar-refractivity contribution in [2.24, 2.45) is 10.9 Å². The fraction of sp³-hybridized carbons (Fsp3) is 0.611. The Morgan fingerprint density at radius 2 is 2.17 bits per heavy atom. The number of benzene rings is 1. The zero-order chi connectivity index (χ0) is 16.2. The number of halogens is 1. The van der Waals surface area contributed by atoms with Crippen LogP contribution in [0.1, 0.15) is 31.2 Å². The summed E-state index contributed by atoms with van der Waals surface area (Å²) in [5, 5.41) is 3.65. The highest BCUT2D eigenvalue weighted by Crippen LogP contribution is 2.41. The monoisotopic (exact) mass is 379 g/mol. The van der Waals surface area contributed by atoms with E-state index in [1.165, 1.54) is 18.4 Å². The predicted molar refractivity (Wildman–Crippen MR) is 98.0 cm³/mol. The second-order valence-corrected chi connectivity index (χ2v) is 7.37. The van der Waals surface area contributed by atoms with Gasteiger partial charge >= 0.3 is 0 Å². The zero-order valence-electron chi connectivity index (χ0n) is 14.0. The molecule has 1 N–H and O–H groups in total. The largest absolute Gasteiger partial charge is 0.381 e. The quantitative estimate of drug-likeness (QED) is 0.630. The van der Waals surface area contributed by atoms with Crippen molar-refractivity contribution in [2.45, 2.75) is 31.7 Å². The van der Waals surface area contributed by atoms with Gasteiger partial charge in [0.25, 0.3) is 0 Å². The lowest BCUT2D eigenvalue weighted by molar-refractivity contribution is 0.114. The Hall–Kier alpha value is -1.07. The molecule has 0 radical (unpaired) electrons. The Labute approximate surface area is 147 Å². The Bertz CT molecular complexity index is 546. The molecule has 126 valence electrons. The lowest BCUT2D eigenvalue weighted by atomic mass is 10.1. The third kappa shape index (κ3) is 4.27. The van der Waals surface area contributed by atoms with Crippen LogP contribution in [0, 0.1) is 5.92 Å². The number of likely N-dealkylation sites (tertiary alicyclic amines) is 1. The van der Waals surface area contributed by atoms with Crippen LogP contribution in [0.2, 0.25) is 0 Å². The first-order valence-electron chi connectivity index (χ1n) is 8.52.